The number of allylic oxidation sites excluding steroid dienone is 12. The SMILES string of the molecule is CC/C=C\C/C=C\C/C=C\C/C=C\C/C=C\C/C=C\CCC(=O)NCC1CCCN1C(=O)C=CC(=O)OC. The van der Waals surface area contributed by atoms with Crippen molar-refractivity contribution in [2.45, 2.75) is 77.2 Å². The molecule has 0 radical (unpaired) electrons. The summed E-state index contributed by atoms with van der Waals surface area (Å²) in [7, 11) is 1.27. The molecule has 2 amide bonds. The van der Waals surface area contributed by atoms with Gasteiger partial charge in [-0.15, -0.1) is 0 Å². The number of nitrogens with one attached hydrogen (secondary N) is 1. The maximum atomic E-state index is 12.3. The fraction of sp³-hybridized carbons (Fsp3) is 0.469. The Kier molecular flexibility index (Phi) is 19.5. The summed E-state index contributed by atoms with van der Waals surface area (Å²) in [6.45, 7) is 3.20. The van der Waals surface area contributed by atoms with Gasteiger partial charge in [0.15, 0.2) is 0 Å². The maximum Gasteiger partial charge on any atom is 0.330 e. The van der Waals surface area contributed by atoms with E-state index in [0.29, 0.717) is 25.9 Å². The fourth-order valence-corrected chi connectivity index (χ4v) is 3.82. The second kappa shape index (κ2) is 22.8. The molecule has 0 aromatic rings. The van der Waals surface area contributed by atoms with E-state index in [1.807, 2.05) is 6.08 Å². The number of nitrogens with zero attached hydrogens (tertiary/aromatic N) is 1. The minimum Gasteiger partial charge on any atom is -0.466 e. The molecule has 6 nitrogen and oxygen atoms in total. The number of likely N-dealkylation sites (tertiary alicyclic amines) is 1. The number of ether oxygens (including phenoxy) is 1. The van der Waals surface area contributed by atoms with Crippen LogP contribution in [0, 0.1) is 0 Å². The van der Waals surface area contributed by atoms with E-state index in [1.54, 1.807) is 4.90 Å². The molecule has 1 fully saturated rings. The van der Waals surface area contributed by atoms with Crippen molar-refractivity contribution < 1.29 is 19.1 Å². The lowest BCUT2D eigenvalue weighted by molar-refractivity contribution is -0.135. The minimum atomic E-state index is -0.559. The number of carbonyl (C=O) groups is 3. The molecule has 1 saturated heterocycles. The number of amides is 2. The van der Waals surface area contributed by atoms with Crippen molar-refractivity contribution in [3.05, 3.63) is 85.1 Å². The molecule has 0 aromatic carbocycles. The molecule has 1 rings (SSSR count). The van der Waals surface area contributed by atoms with E-state index in [9.17, 15) is 14.4 Å². The summed E-state index contributed by atoms with van der Waals surface area (Å²) in [4.78, 5) is 37.3. The summed E-state index contributed by atoms with van der Waals surface area (Å²) >= 11 is 0. The molecule has 38 heavy (non-hydrogen) atoms. The van der Waals surface area contributed by atoms with E-state index in [-0.39, 0.29) is 17.9 Å². The Morgan fingerprint density at radius 3 is 1.84 bits per heavy atom. The Bertz CT molecular complexity index is 893. The summed E-state index contributed by atoms with van der Waals surface area (Å²) in [5.41, 5.74) is 0. The smallest absolute Gasteiger partial charge is 0.330 e. The molecule has 208 valence electrons. The Balaban J connectivity index is 2.10. The summed E-state index contributed by atoms with van der Waals surface area (Å²) in [6.07, 6.45) is 37.0. The van der Waals surface area contributed by atoms with Crippen molar-refractivity contribution in [2.75, 3.05) is 20.2 Å². The maximum absolute atomic E-state index is 12.3. The Hall–Kier alpha value is -3.41. The van der Waals surface area contributed by atoms with Gasteiger partial charge in [0.2, 0.25) is 11.8 Å². The summed E-state index contributed by atoms with van der Waals surface area (Å²) in [5, 5.41) is 2.93. The predicted octanol–water partition coefficient (Wildman–Crippen LogP) is 6.30. The molecular weight excluding hydrogens is 476 g/mol. The normalized spacial score (nSPS) is 16.6. The van der Waals surface area contributed by atoms with Gasteiger partial charge < -0.3 is 15.0 Å². The van der Waals surface area contributed by atoms with E-state index >= 15 is 0 Å². The van der Waals surface area contributed by atoms with Crippen molar-refractivity contribution in [3.63, 3.8) is 0 Å². The van der Waals surface area contributed by atoms with Crippen LogP contribution in [-0.2, 0) is 19.1 Å². The van der Waals surface area contributed by atoms with Crippen LogP contribution in [0.1, 0.15) is 71.1 Å². The lowest BCUT2D eigenvalue weighted by Crippen LogP contribution is -2.42. The first-order valence-electron chi connectivity index (χ1n) is 13.8. The van der Waals surface area contributed by atoms with Crippen molar-refractivity contribution >= 4 is 17.8 Å². The number of rotatable bonds is 18. The predicted molar refractivity (Wildman–Crippen MR) is 156 cm³/mol. The molecule has 1 unspecified atom stereocenters. The number of esters is 1. The van der Waals surface area contributed by atoms with Crippen LogP contribution in [0.5, 0.6) is 0 Å². The van der Waals surface area contributed by atoms with Crippen LogP contribution in [0.3, 0.4) is 0 Å². The summed E-state index contributed by atoms with van der Waals surface area (Å²) < 4.78 is 4.51. The highest BCUT2D eigenvalue weighted by molar-refractivity contribution is 5.94. The van der Waals surface area contributed by atoms with Crippen LogP contribution in [0.4, 0.5) is 0 Å². The quantitative estimate of drug-likeness (QED) is 0.130. The first-order valence-corrected chi connectivity index (χ1v) is 13.8. The molecule has 0 bridgehead atoms. The highest BCUT2D eigenvalue weighted by Crippen LogP contribution is 2.17. The molecule has 1 atom stereocenters. The molecule has 0 spiro atoms. The largest absolute Gasteiger partial charge is 0.466 e. The van der Waals surface area contributed by atoms with Gasteiger partial charge in [0.25, 0.3) is 0 Å². The van der Waals surface area contributed by atoms with E-state index in [1.165, 1.54) is 13.2 Å². The van der Waals surface area contributed by atoms with Gasteiger partial charge >= 0.3 is 5.97 Å². The van der Waals surface area contributed by atoms with E-state index in [2.05, 4.69) is 83.8 Å². The zero-order valence-electron chi connectivity index (χ0n) is 23.2. The number of carbonyl (C=O) groups excluding carboxylic acids is 3. The van der Waals surface area contributed by atoms with Crippen LogP contribution in [0.15, 0.2) is 85.1 Å². The summed E-state index contributed by atoms with van der Waals surface area (Å²) in [5.74, 6) is -0.809. The number of hydrogen-bond acceptors (Lipinski definition) is 4. The van der Waals surface area contributed by atoms with Crippen molar-refractivity contribution in [3.8, 4) is 0 Å². The molecule has 1 N–H and O–H groups in total. The van der Waals surface area contributed by atoms with Gasteiger partial charge in [0, 0.05) is 37.7 Å². The highest BCUT2D eigenvalue weighted by atomic mass is 16.5. The van der Waals surface area contributed by atoms with E-state index in [0.717, 1.165) is 57.4 Å². The molecule has 6 heteroatoms. The second-order valence-corrected chi connectivity index (χ2v) is 8.94. The van der Waals surface area contributed by atoms with Gasteiger partial charge in [0.05, 0.1) is 7.11 Å². The Morgan fingerprint density at radius 2 is 1.32 bits per heavy atom. The van der Waals surface area contributed by atoms with E-state index < -0.39 is 5.97 Å². The molecular formula is C32H46N2O4. The van der Waals surface area contributed by atoms with Gasteiger partial charge in [-0.3, -0.25) is 9.59 Å². The fourth-order valence-electron chi connectivity index (χ4n) is 3.82. The first kappa shape index (κ1) is 32.6. The van der Waals surface area contributed by atoms with E-state index in [4.69, 9.17) is 0 Å². The lowest BCUT2D eigenvalue weighted by Gasteiger charge is -2.23. The third-order valence-electron chi connectivity index (χ3n) is 5.89. The van der Waals surface area contributed by atoms with Gasteiger partial charge in [-0.1, -0.05) is 79.8 Å². The Labute approximate surface area is 229 Å². The standard InChI is InChI=1S/C32H46N2O4/c1-3-4-5-6-7-8-9-10-11-12-13-14-15-16-17-18-19-20-21-24-30(35)33-28-29-23-22-27-34(29)31(36)25-26-32(37)38-2/h4-5,7-8,10-11,13-14,16-17,19-20,25-26,29H,3,6,9,12,15,18,21-24,27-28H2,1-2H3,(H,33,35)/b5-4-,8-7-,11-10-,14-13-,17-16-,20-19-,26-25?. The Morgan fingerprint density at radius 1 is 0.789 bits per heavy atom. The third-order valence-corrected chi connectivity index (χ3v) is 5.89. The van der Waals surface area contributed by atoms with Gasteiger partial charge in [0.1, 0.15) is 0 Å². The van der Waals surface area contributed by atoms with Gasteiger partial charge in [-0.05, 0) is 57.8 Å². The van der Waals surface area contributed by atoms with Crippen molar-refractivity contribution in [1.29, 1.82) is 0 Å². The molecule has 0 aromatic heterocycles. The van der Waals surface area contributed by atoms with Crippen molar-refractivity contribution in [2.24, 2.45) is 0 Å². The third kappa shape index (κ3) is 17.1. The molecule has 1 heterocycles. The van der Waals surface area contributed by atoms with Crippen LogP contribution in [0.2, 0.25) is 0 Å². The lowest BCUT2D eigenvalue weighted by atomic mass is 10.2. The molecule has 0 saturated carbocycles. The monoisotopic (exact) mass is 522 g/mol. The summed E-state index contributed by atoms with van der Waals surface area (Å²) in [6, 6.07) is -0.0420. The van der Waals surface area contributed by atoms with Crippen molar-refractivity contribution in [1.82, 2.24) is 10.2 Å². The molecule has 1 aliphatic rings. The number of hydrogen-bond donors (Lipinski definition) is 1. The van der Waals surface area contributed by atoms with Crippen LogP contribution >= 0.6 is 0 Å². The minimum absolute atomic E-state index is 0.0195. The topological polar surface area (TPSA) is 75.7 Å². The number of methoxy groups -OCH3 is 1. The van der Waals surface area contributed by atoms with Crippen LogP contribution < -0.4 is 5.32 Å². The molecule has 1 aliphatic heterocycles. The van der Waals surface area contributed by atoms with Gasteiger partial charge in [-0.2, -0.15) is 0 Å². The average molecular weight is 523 g/mol. The zero-order chi connectivity index (χ0) is 27.7. The zero-order valence-corrected chi connectivity index (χ0v) is 23.2. The van der Waals surface area contributed by atoms with Crippen LogP contribution in [-0.4, -0.2) is 48.9 Å². The molecule has 0 aliphatic carbocycles. The average Bonchev–Trinajstić information content (AvgIpc) is 3.40. The highest BCUT2D eigenvalue weighted by Gasteiger charge is 2.27. The second-order valence-electron chi connectivity index (χ2n) is 8.94. The first-order chi connectivity index (χ1) is 18.6. The van der Waals surface area contributed by atoms with Gasteiger partial charge in [-0.25, -0.2) is 4.79 Å². The van der Waals surface area contributed by atoms with Crippen LogP contribution in [0.25, 0.3) is 0 Å².